The molecule has 0 fully saturated rings. The Kier molecular flexibility index (Phi) is 4.28. The van der Waals surface area contributed by atoms with E-state index in [9.17, 15) is 0 Å². The van der Waals surface area contributed by atoms with Gasteiger partial charge in [-0.3, -0.25) is 0 Å². The lowest BCUT2D eigenvalue weighted by Gasteiger charge is -2.12. The smallest absolute Gasteiger partial charge is 0.309 e. The summed E-state index contributed by atoms with van der Waals surface area (Å²) in [6.07, 6.45) is 0. The van der Waals surface area contributed by atoms with Gasteiger partial charge in [0, 0.05) is 23.9 Å². The number of benzene rings is 2. The van der Waals surface area contributed by atoms with Gasteiger partial charge in [-0.2, -0.15) is 0 Å². The van der Waals surface area contributed by atoms with E-state index in [2.05, 4.69) is 44.5 Å². The molecule has 2 aromatic carbocycles. The maximum absolute atomic E-state index is 6.29. The molecular formula is C18H22NO2P. The van der Waals surface area contributed by atoms with Gasteiger partial charge in [-0.1, -0.05) is 38.1 Å². The molecule has 0 bridgehead atoms. The quantitative estimate of drug-likeness (QED) is 0.604. The zero-order chi connectivity index (χ0) is 15.7. The van der Waals surface area contributed by atoms with Crippen LogP contribution in [0.15, 0.2) is 44.8 Å². The summed E-state index contributed by atoms with van der Waals surface area (Å²) in [6, 6.07) is 12.4. The highest BCUT2D eigenvalue weighted by Gasteiger charge is 2.13. The Balaban J connectivity index is 2.53. The van der Waals surface area contributed by atoms with Crippen LogP contribution in [0.2, 0.25) is 0 Å². The summed E-state index contributed by atoms with van der Waals surface area (Å²) < 4.78 is 14.8. The number of hydrogen-bond acceptors (Lipinski definition) is 3. The Bertz CT molecular complexity index is 786. The predicted octanol–water partition coefficient (Wildman–Crippen LogP) is 5.88. The van der Waals surface area contributed by atoms with E-state index in [0.29, 0.717) is 0 Å². The second-order valence-electron chi connectivity index (χ2n) is 5.46. The van der Waals surface area contributed by atoms with Gasteiger partial charge in [0.25, 0.3) is 0 Å². The predicted molar refractivity (Wildman–Crippen MR) is 95.1 cm³/mol. The number of aryl methyl sites for hydroxylation is 2. The van der Waals surface area contributed by atoms with Crippen LogP contribution >= 0.6 is 8.16 Å². The van der Waals surface area contributed by atoms with Crippen LogP contribution < -0.4 is 4.67 Å². The molecule has 0 radical (unpaired) electrons. The van der Waals surface area contributed by atoms with Gasteiger partial charge in [-0.25, -0.2) is 4.67 Å². The molecule has 0 spiro atoms. The lowest BCUT2D eigenvalue weighted by atomic mass is 10.0. The Morgan fingerprint density at radius 3 is 1.68 bits per heavy atom. The highest BCUT2D eigenvalue weighted by Crippen LogP contribution is 2.38. The molecule has 0 aliphatic rings. The van der Waals surface area contributed by atoms with Crippen LogP contribution in [-0.4, -0.2) is 13.1 Å². The van der Waals surface area contributed by atoms with Crippen molar-refractivity contribution in [2.24, 2.45) is 0 Å². The first kappa shape index (κ1) is 15.2. The van der Waals surface area contributed by atoms with Crippen molar-refractivity contribution in [3.63, 3.8) is 0 Å². The van der Waals surface area contributed by atoms with E-state index in [1.807, 2.05) is 24.3 Å². The minimum Gasteiger partial charge on any atom is -0.408 e. The lowest BCUT2D eigenvalue weighted by molar-refractivity contribution is 0.624. The van der Waals surface area contributed by atoms with Gasteiger partial charge in [0.1, 0.15) is 11.2 Å². The van der Waals surface area contributed by atoms with E-state index in [1.165, 1.54) is 11.1 Å². The molecule has 0 aliphatic carbocycles. The summed E-state index contributed by atoms with van der Waals surface area (Å²) >= 11 is 0. The molecule has 0 unspecified atom stereocenters. The van der Waals surface area contributed by atoms with Crippen LogP contribution in [0.4, 0.5) is 0 Å². The molecular weight excluding hydrogens is 293 g/mol. The molecule has 0 amide bonds. The fourth-order valence-electron chi connectivity index (χ4n) is 2.83. The maximum Gasteiger partial charge on any atom is 0.309 e. The summed E-state index contributed by atoms with van der Waals surface area (Å²) in [7, 11) is -1.13. The van der Waals surface area contributed by atoms with Gasteiger partial charge in [0.15, 0.2) is 0 Å². The Morgan fingerprint density at radius 1 is 0.818 bits per heavy atom. The topological polar surface area (TPSA) is 29.5 Å². The van der Waals surface area contributed by atoms with E-state index in [4.69, 9.17) is 8.39 Å². The summed E-state index contributed by atoms with van der Waals surface area (Å²) in [5, 5.41) is 2.32. The van der Waals surface area contributed by atoms with Gasteiger partial charge >= 0.3 is 8.16 Å². The largest absolute Gasteiger partial charge is 0.408 e. The van der Waals surface area contributed by atoms with Gasteiger partial charge in [0.2, 0.25) is 0 Å². The maximum atomic E-state index is 6.29. The summed E-state index contributed by atoms with van der Waals surface area (Å²) in [4.78, 5) is 0. The van der Waals surface area contributed by atoms with E-state index in [1.54, 1.807) is 0 Å². The van der Waals surface area contributed by atoms with Crippen molar-refractivity contribution < 1.29 is 8.39 Å². The highest BCUT2D eigenvalue weighted by atomic mass is 31.1. The standard InChI is InChI=1S/C18H22NO2P/c1-5-19(6-2)22-20-15-11-7-9-13(3)17(15)18-14(4)10-8-12-16(18)21-22/h7-12H,5-6H2,1-4H3. The molecule has 22 heavy (non-hydrogen) atoms. The third-order valence-corrected chi connectivity index (χ3v) is 5.77. The average Bonchev–Trinajstić information content (AvgIpc) is 2.67. The van der Waals surface area contributed by atoms with Crippen molar-refractivity contribution in [3.8, 4) is 0 Å². The first-order valence-corrected chi connectivity index (χ1v) is 8.89. The summed E-state index contributed by atoms with van der Waals surface area (Å²) in [5.41, 5.74) is 4.28. The first-order valence-electron chi connectivity index (χ1n) is 7.76. The van der Waals surface area contributed by atoms with Gasteiger partial charge in [-0.15, -0.1) is 0 Å². The van der Waals surface area contributed by atoms with Crippen LogP contribution in [0.25, 0.3) is 21.9 Å². The number of nitrogens with zero attached hydrogens (tertiary/aromatic N) is 1. The minimum atomic E-state index is -1.13. The second-order valence-corrected chi connectivity index (χ2v) is 6.86. The lowest BCUT2D eigenvalue weighted by Crippen LogP contribution is -2.17. The Hall–Kier alpha value is -1.70. The highest BCUT2D eigenvalue weighted by molar-refractivity contribution is 7.38. The zero-order valence-corrected chi connectivity index (χ0v) is 14.5. The third-order valence-electron chi connectivity index (χ3n) is 4.03. The van der Waals surface area contributed by atoms with Crippen molar-refractivity contribution in [2.45, 2.75) is 27.7 Å². The van der Waals surface area contributed by atoms with E-state index >= 15 is 0 Å². The molecule has 0 saturated heterocycles. The monoisotopic (exact) mass is 315 g/mol. The summed E-state index contributed by atoms with van der Waals surface area (Å²) in [5.74, 6) is 0. The van der Waals surface area contributed by atoms with Crippen molar-refractivity contribution in [2.75, 3.05) is 17.8 Å². The van der Waals surface area contributed by atoms with Crippen LogP contribution in [0.5, 0.6) is 0 Å². The van der Waals surface area contributed by atoms with Crippen LogP contribution in [-0.2, 0) is 0 Å². The normalized spacial score (nSPS) is 11.5. The molecule has 0 atom stereocenters. The van der Waals surface area contributed by atoms with Crippen molar-refractivity contribution in [1.82, 2.24) is 0 Å². The molecule has 0 saturated carbocycles. The Morgan fingerprint density at radius 2 is 1.27 bits per heavy atom. The Labute approximate surface area is 132 Å². The van der Waals surface area contributed by atoms with E-state index < -0.39 is 8.16 Å². The molecule has 116 valence electrons. The molecule has 3 nitrogen and oxygen atoms in total. The van der Waals surface area contributed by atoms with Crippen molar-refractivity contribution in [3.05, 3.63) is 47.5 Å². The molecule has 0 N–H and O–H groups in total. The van der Waals surface area contributed by atoms with Gasteiger partial charge in [0.05, 0.1) is 0 Å². The van der Waals surface area contributed by atoms with E-state index in [0.717, 1.165) is 35.0 Å². The fraction of sp³-hybridized carbons (Fsp3) is 0.333. The molecule has 3 rings (SSSR count). The zero-order valence-electron chi connectivity index (χ0n) is 13.6. The molecule has 4 heteroatoms. The third kappa shape index (κ3) is 2.55. The van der Waals surface area contributed by atoms with Gasteiger partial charge < -0.3 is 8.39 Å². The second kappa shape index (κ2) is 6.20. The van der Waals surface area contributed by atoms with Crippen LogP contribution in [0.1, 0.15) is 25.0 Å². The van der Waals surface area contributed by atoms with Crippen LogP contribution in [0.3, 0.4) is 0 Å². The van der Waals surface area contributed by atoms with Crippen LogP contribution in [0, 0.1) is 13.8 Å². The number of rotatable bonds is 3. The SMILES string of the molecule is CCN(CC)p1oc2cccc(C)c2c2c(C)cccc2o1. The molecule has 1 aromatic heterocycles. The van der Waals surface area contributed by atoms with Crippen molar-refractivity contribution in [1.29, 1.82) is 0 Å². The number of fused-ring (bicyclic) bond motifs is 3. The van der Waals surface area contributed by atoms with E-state index in [-0.39, 0.29) is 0 Å². The minimum absolute atomic E-state index is 0.907. The molecule has 1 heterocycles. The molecule has 3 aromatic rings. The molecule has 0 aliphatic heterocycles. The van der Waals surface area contributed by atoms with Crippen molar-refractivity contribution >= 4 is 30.1 Å². The average molecular weight is 315 g/mol. The first-order chi connectivity index (χ1) is 10.7. The fourth-order valence-corrected chi connectivity index (χ4v) is 4.20. The van der Waals surface area contributed by atoms with Gasteiger partial charge in [-0.05, 0) is 37.1 Å². The number of hydrogen-bond donors (Lipinski definition) is 0. The summed E-state index contributed by atoms with van der Waals surface area (Å²) in [6.45, 7) is 10.3.